The molecule has 0 unspecified atom stereocenters. The van der Waals surface area contributed by atoms with Gasteiger partial charge in [0, 0.05) is 6.54 Å². The van der Waals surface area contributed by atoms with E-state index in [1.807, 2.05) is 6.92 Å². The van der Waals surface area contributed by atoms with Crippen molar-refractivity contribution >= 4 is 23.7 Å². The highest BCUT2D eigenvalue weighted by Gasteiger charge is 2.02. The second kappa shape index (κ2) is 5.64. The molecule has 0 spiro atoms. The molecular weight excluding hydrogens is 198 g/mol. The number of rotatable bonds is 5. The van der Waals surface area contributed by atoms with Gasteiger partial charge in [-0.2, -0.15) is 15.0 Å². The molecule has 5 nitrogen and oxygen atoms in total. The summed E-state index contributed by atoms with van der Waals surface area (Å²) >= 11 is 1.55. The summed E-state index contributed by atoms with van der Waals surface area (Å²) in [4.78, 5) is 12.2. The average Bonchev–Trinajstić information content (AvgIpc) is 2.14. The fraction of sp³-hybridized carbons (Fsp3) is 0.625. The molecule has 0 saturated carbocycles. The van der Waals surface area contributed by atoms with E-state index in [1.165, 1.54) is 0 Å². The zero-order valence-corrected chi connectivity index (χ0v) is 9.27. The highest BCUT2D eigenvalue weighted by Crippen LogP contribution is 2.14. The minimum Gasteiger partial charge on any atom is -0.368 e. The molecule has 0 atom stereocenters. The maximum atomic E-state index is 5.55. The van der Waals surface area contributed by atoms with Gasteiger partial charge in [-0.05, 0) is 12.2 Å². The number of anilines is 2. The predicted octanol–water partition coefficient (Wildman–Crippen LogP) is 1.39. The van der Waals surface area contributed by atoms with E-state index in [1.54, 1.807) is 11.8 Å². The van der Waals surface area contributed by atoms with Gasteiger partial charge >= 0.3 is 0 Å². The fourth-order valence-corrected chi connectivity index (χ4v) is 1.45. The standard InChI is InChI=1S/C8H15N5S/c1-3-5-10-7-11-6(9)12-8(13-7)14-4-2/h3-5H2,1-2H3,(H3,9,10,11,12,13). The highest BCUT2D eigenvalue weighted by atomic mass is 32.2. The van der Waals surface area contributed by atoms with Crippen LogP contribution in [0.25, 0.3) is 0 Å². The lowest BCUT2D eigenvalue weighted by Crippen LogP contribution is -2.08. The van der Waals surface area contributed by atoms with Gasteiger partial charge in [0.05, 0.1) is 0 Å². The lowest BCUT2D eigenvalue weighted by Gasteiger charge is -2.04. The van der Waals surface area contributed by atoms with E-state index in [9.17, 15) is 0 Å². The Bertz CT molecular complexity index is 291. The first-order valence-corrected chi connectivity index (χ1v) is 5.63. The second-order valence-corrected chi connectivity index (χ2v) is 3.89. The van der Waals surface area contributed by atoms with Gasteiger partial charge in [-0.3, -0.25) is 0 Å². The van der Waals surface area contributed by atoms with Crippen molar-refractivity contribution in [2.24, 2.45) is 0 Å². The van der Waals surface area contributed by atoms with Crippen molar-refractivity contribution < 1.29 is 0 Å². The van der Waals surface area contributed by atoms with Crippen molar-refractivity contribution in [2.45, 2.75) is 25.4 Å². The number of nitrogen functional groups attached to an aromatic ring is 1. The number of thioether (sulfide) groups is 1. The van der Waals surface area contributed by atoms with Crippen LogP contribution in [0.2, 0.25) is 0 Å². The number of nitrogens with two attached hydrogens (primary N) is 1. The maximum absolute atomic E-state index is 5.55. The first-order chi connectivity index (χ1) is 6.76. The van der Waals surface area contributed by atoms with Crippen molar-refractivity contribution in [3.63, 3.8) is 0 Å². The predicted molar refractivity (Wildman–Crippen MR) is 59.4 cm³/mol. The summed E-state index contributed by atoms with van der Waals surface area (Å²) in [5, 5.41) is 3.76. The smallest absolute Gasteiger partial charge is 0.228 e. The molecule has 0 aliphatic carbocycles. The van der Waals surface area contributed by atoms with Crippen LogP contribution in [0.3, 0.4) is 0 Å². The molecule has 1 aromatic heterocycles. The zero-order valence-electron chi connectivity index (χ0n) is 8.45. The second-order valence-electron chi connectivity index (χ2n) is 2.66. The van der Waals surface area contributed by atoms with Crippen molar-refractivity contribution in [1.29, 1.82) is 0 Å². The molecule has 3 N–H and O–H groups in total. The molecule has 1 heterocycles. The van der Waals surface area contributed by atoms with Crippen LogP contribution in [0.4, 0.5) is 11.9 Å². The molecule has 0 saturated heterocycles. The SMILES string of the molecule is CCCNc1nc(N)nc(SCC)n1. The van der Waals surface area contributed by atoms with Crippen LogP contribution >= 0.6 is 11.8 Å². The molecule has 1 rings (SSSR count). The third-order valence-electron chi connectivity index (χ3n) is 1.44. The van der Waals surface area contributed by atoms with E-state index >= 15 is 0 Å². The van der Waals surface area contributed by atoms with Gasteiger partial charge in [-0.25, -0.2) is 0 Å². The number of aromatic nitrogens is 3. The third-order valence-corrected chi connectivity index (χ3v) is 2.17. The van der Waals surface area contributed by atoms with Gasteiger partial charge in [-0.15, -0.1) is 0 Å². The Morgan fingerprint density at radius 1 is 1.29 bits per heavy atom. The molecule has 0 fully saturated rings. The molecule has 0 aliphatic rings. The van der Waals surface area contributed by atoms with Crippen LogP contribution in [0.5, 0.6) is 0 Å². The van der Waals surface area contributed by atoms with Gasteiger partial charge in [0.2, 0.25) is 11.9 Å². The molecule has 14 heavy (non-hydrogen) atoms. The van der Waals surface area contributed by atoms with Gasteiger partial charge in [-0.1, -0.05) is 25.6 Å². The van der Waals surface area contributed by atoms with Gasteiger partial charge in [0.1, 0.15) is 0 Å². The van der Waals surface area contributed by atoms with Crippen molar-refractivity contribution in [2.75, 3.05) is 23.3 Å². The van der Waals surface area contributed by atoms with Crippen molar-refractivity contribution in [3.05, 3.63) is 0 Å². The molecule has 0 aromatic carbocycles. The maximum Gasteiger partial charge on any atom is 0.228 e. The molecular formula is C8H15N5S. The largest absolute Gasteiger partial charge is 0.368 e. The summed E-state index contributed by atoms with van der Waals surface area (Å²) in [6, 6.07) is 0. The van der Waals surface area contributed by atoms with Gasteiger partial charge in [0.25, 0.3) is 0 Å². The van der Waals surface area contributed by atoms with Crippen LogP contribution in [-0.4, -0.2) is 27.2 Å². The third kappa shape index (κ3) is 3.37. The normalized spacial score (nSPS) is 10.1. The minimum absolute atomic E-state index is 0.273. The topological polar surface area (TPSA) is 76.7 Å². The Kier molecular flexibility index (Phi) is 4.45. The summed E-state index contributed by atoms with van der Waals surface area (Å²) < 4.78 is 0. The Morgan fingerprint density at radius 3 is 2.71 bits per heavy atom. The summed E-state index contributed by atoms with van der Waals surface area (Å²) in [6.07, 6.45) is 1.03. The van der Waals surface area contributed by atoms with E-state index in [2.05, 4.69) is 27.2 Å². The number of nitrogens with zero attached hydrogens (tertiary/aromatic N) is 3. The van der Waals surface area contributed by atoms with E-state index in [0.29, 0.717) is 11.1 Å². The molecule has 1 aromatic rings. The monoisotopic (exact) mass is 213 g/mol. The highest BCUT2D eigenvalue weighted by molar-refractivity contribution is 7.99. The van der Waals surface area contributed by atoms with E-state index < -0.39 is 0 Å². The number of nitrogens with one attached hydrogen (secondary N) is 1. The lowest BCUT2D eigenvalue weighted by molar-refractivity contribution is 0.887. The van der Waals surface area contributed by atoms with Crippen LogP contribution in [0.1, 0.15) is 20.3 Å². The zero-order chi connectivity index (χ0) is 10.4. The quantitative estimate of drug-likeness (QED) is 0.720. The van der Waals surface area contributed by atoms with Gasteiger partial charge < -0.3 is 11.1 Å². The Morgan fingerprint density at radius 2 is 2.07 bits per heavy atom. The van der Waals surface area contributed by atoms with Crippen LogP contribution in [0, 0.1) is 0 Å². The molecule has 78 valence electrons. The molecule has 0 amide bonds. The molecule has 0 bridgehead atoms. The van der Waals surface area contributed by atoms with E-state index in [-0.39, 0.29) is 5.95 Å². The summed E-state index contributed by atoms with van der Waals surface area (Å²) in [7, 11) is 0. The summed E-state index contributed by atoms with van der Waals surface area (Å²) in [6.45, 7) is 4.97. The molecule has 6 heteroatoms. The number of hydrogen-bond donors (Lipinski definition) is 2. The summed E-state index contributed by atoms with van der Waals surface area (Å²) in [5.41, 5.74) is 5.55. The first kappa shape index (κ1) is 11.0. The molecule has 0 radical (unpaired) electrons. The average molecular weight is 213 g/mol. The lowest BCUT2D eigenvalue weighted by atomic mass is 10.5. The van der Waals surface area contributed by atoms with Gasteiger partial charge in [0.15, 0.2) is 5.16 Å². The van der Waals surface area contributed by atoms with Crippen molar-refractivity contribution in [3.8, 4) is 0 Å². The Balaban J connectivity index is 2.73. The molecule has 0 aliphatic heterocycles. The Hall–Kier alpha value is -1.04. The van der Waals surface area contributed by atoms with Crippen molar-refractivity contribution in [1.82, 2.24) is 15.0 Å². The van der Waals surface area contributed by atoms with E-state index in [0.717, 1.165) is 18.7 Å². The van der Waals surface area contributed by atoms with E-state index in [4.69, 9.17) is 5.73 Å². The van der Waals surface area contributed by atoms with Crippen LogP contribution in [-0.2, 0) is 0 Å². The Labute approximate surface area is 87.9 Å². The number of hydrogen-bond acceptors (Lipinski definition) is 6. The summed E-state index contributed by atoms with van der Waals surface area (Å²) in [5.74, 6) is 1.77. The van der Waals surface area contributed by atoms with Crippen LogP contribution in [0.15, 0.2) is 5.16 Å². The first-order valence-electron chi connectivity index (χ1n) is 4.64. The fourth-order valence-electron chi connectivity index (χ4n) is 0.882. The van der Waals surface area contributed by atoms with Crippen LogP contribution < -0.4 is 11.1 Å². The minimum atomic E-state index is 0.273.